The number of nitrogens with zero attached hydrogens (tertiary/aromatic N) is 2. The Labute approximate surface area is 121 Å². The van der Waals surface area contributed by atoms with Crippen molar-refractivity contribution in [3.05, 3.63) is 36.0 Å². The Morgan fingerprint density at radius 1 is 1.10 bits per heavy atom. The van der Waals surface area contributed by atoms with Crippen molar-refractivity contribution in [2.45, 2.75) is 52.5 Å². The van der Waals surface area contributed by atoms with Crippen LogP contribution in [0.15, 0.2) is 30.5 Å². The van der Waals surface area contributed by atoms with E-state index < -0.39 is 0 Å². The lowest BCUT2D eigenvalue weighted by molar-refractivity contribution is 0.429. The molecule has 2 N–H and O–H groups in total. The summed E-state index contributed by atoms with van der Waals surface area (Å²) in [4.78, 5) is 0. The number of nitrogens with two attached hydrogens (primary N) is 1. The van der Waals surface area contributed by atoms with E-state index in [1.54, 1.807) is 0 Å². The fourth-order valence-corrected chi connectivity index (χ4v) is 2.60. The van der Waals surface area contributed by atoms with Gasteiger partial charge in [0, 0.05) is 11.8 Å². The molecule has 108 valence electrons. The molecule has 1 aromatic carbocycles. The lowest BCUT2D eigenvalue weighted by Gasteiger charge is -2.12. The number of anilines is 1. The molecule has 2 aromatic rings. The van der Waals surface area contributed by atoms with Crippen molar-refractivity contribution >= 4 is 5.69 Å². The molecule has 0 amide bonds. The summed E-state index contributed by atoms with van der Waals surface area (Å²) in [7, 11) is 0. The van der Waals surface area contributed by atoms with Gasteiger partial charge in [-0.3, -0.25) is 4.68 Å². The molecule has 3 nitrogen and oxygen atoms in total. The van der Waals surface area contributed by atoms with Crippen molar-refractivity contribution in [3.63, 3.8) is 0 Å². The van der Waals surface area contributed by atoms with Gasteiger partial charge >= 0.3 is 0 Å². The highest BCUT2D eigenvalue weighted by atomic mass is 15.3. The van der Waals surface area contributed by atoms with Gasteiger partial charge in [-0.25, -0.2) is 0 Å². The molecule has 3 heteroatoms. The van der Waals surface area contributed by atoms with Crippen LogP contribution in [0.3, 0.4) is 0 Å². The molecule has 0 aliphatic rings. The molecule has 1 aromatic heterocycles. The predicted molar refractivity (Wildman–Crippen MR) is 85.7 cm³/mol. The number of aryl methyl sites for hydroxylation is 1. The van der Waals surface area contributed by atoms with E-state index in [4.69, 9.17) is 5.73 Å². The molecular weight excluding hydrogens is 246 g/mol. The number of nitrogen functional groups attached to an aromatic ring is 1. The highest BCUT2D eigenvalue weighted by molar-refractivity contribution is 5.72. The average molecular weight is 271 g/mol. The van der Waals surface area contributed by atoms with Crippen LogP contribution in [0.4, 0.5) is 5.69 Å². The second kappa shape index (κ2) is 6.60. The van der Waals surface area contributed by atoms with Crippen molar-refractivity contribution in [1.29, 1.82) is 0 Å². The molecule has 1 heterocycles. The van der Waals surface area contributed by atoms with Crippen LogP contribution in [0.2, 0.25) is 0 Å². The van der Waals surface area contributed by atoms with Crippen molar-refractivity contribution in [2.75, 3.05) is 5.73 Å². The van der Waals surface area contributed by atoms with Crippen molar-refractivity contribution in [3.8, 4) is 11.3 Å². The highest BCUT2D eigenvalue weighted by Gasteiger charge is 2.13. The van der Waals surface area contributed by atoms with E-state index in [1.165, 1.54) is 12.0 Å². The fraction of sp³-hybridized carbons (Fsp3) is 0.471. The third-order valence-corrected chi connectivity index (χ3v) is 3.84. The highest BCUT2D eigenvalue weighted by Crippen LogP contribution is 2.27. The smallest absolute Gasteiger partial charge is 0.115 e. The van der Waals surface area contributed by atoms with E-state index in [9.17, 15) is 0 Å². The van der Waals surface area contributed by atoms with Gasteiger partial charge in [-0.1, -0.05) is 51.5 Å². The molecular formula is C17H25N3. The van der Waals surface area contributed by atoms with E-state index in [0.29, 0.717) is 6.04 Å². The predicted octanol–water partition coefficient (Wildman–Crippen LogP) is 4.45. The third kappa shape index (κ3) is 3.03. The van der Waals surface area contributed by atoms with Gasteiger partial charge in [0.2, 0.25) is 0 Å². The number of rotatable bonds is 6. The molecule has 0 saturated heterocycles. The minimum Gasteiger partial charge on any atom is -0.396 e. The average Bonchev–Trinajstić information content (AvgIpc) is 2.83. The first kappa shape index (κ1) is 14.6. The number of benzene rings is 1. The first-order valence-corrected chi connectivity index (χ1v) is 7.63. The summed E-state index contributed by atoms with van der Waals surface area (Å²) in [5.74, 6) is 0. The second-order valence-electron chi connectivity index (χ2n) is 5.33. The third-order valence-electron chi connectivity index (χ3n) is 3.84. The molecule has 0 fully saturated rings. The molecule has 0 unspecified atom stereocenters. The van der Waals surface area contributed by atoms with Crippen LogP contribution in [0.5, 0.6) is 0 Å². The van der Waals surface area contributed by atoms with Gasteiger partial charge in [-0.15, -0.1) is 0 Å². The van der Waals surface area contributed by atoms with Gasteiger partial charge in [0.15, 0.2) is 0 Å². The van der Waals surface area contributed by atoms with Gasteiger partial charge < -0.3 is 5.73 Å². The van der Waals surface area contributed by atoms with Crippen LogP contribution in [-0.4, -0.2) is 9.78 Å². The van der Waals surface area contributed by atoms with Crippen LogP contribution in [0.25, 0.3) is 11.3 Å². The minimum atomic E-state index is 0.436. The summed E-state index contributed by atoms with van der Waals surface area (Å²) >= 11 is 0. The summed E-state index contributed by atoms with van der Waals surface area (Å²) in [5, 5.41) is 4.69. The molecule has 0 spiro atoms. The van der Waals surface area contributed by atoms with E-state index in [1.807, 2.05) is 10.9 Å². The van der Waals surface area contributed by atoms with E-state index >= 15 is 0 Å². The molecule has 20 heavy (non-hydrogen) atoms. The van der Waals surface area contributed by atoms with Crippen LogP contribution in [-0.2, 0) is 6.42 Å². The Morgan fingerprint density at radius 2 is 1.75 bits per heavy atom. The maximum Gasteiger partial charge on any atom is 0.115 e. The Balaban J connectivity index is 2.28. The van der Waals surface area contributed by atoms with E-state index in [0.717, 1.165) is 36.2 Å². The SMILES string of the molecule is CCCc1ccc(-c2nn(C(CC)CC)cc2N)cc1. The first-order chi connectivity index (χ1) is 9.69. The summed E-state index contributed by atoms with van der Waals surface area (Å²) < 4.78 is 2.02. The molecule has 0 radical (unpaired) electrons. The van der Waals surface area contributed by atoms with Crippen LogP contribution in [0.1, 0.15) is 51.6 Å². The fourth-order valence-electron chi connectivity index (χ4n) is 2.60. The van der Waals surface area contributed by atoms with Gasteiger partial charge in [0.1, 0.15) is 5.69 Å². The molecule has 0 bridgehead atoms. The molecule has 0 aliphatic carbocycles. The molecule has 2 rings (SSSR count). The largest absolute Gasteiger partial charge is 0.396 e. The van der Waals surface area contributed by atoms with Gasteiger partial charge in [-0.2, -0.15) is 5.10 Å². The van der Waals surface area contributed by atoms with Gasteiger partial charge in [0.05, 0.1) is 11.7 Å². The standard InChI is InChI=1S/C17H25N3/c1-4-7-13-8-10-14(11-9-13)17-16(18)12-20(19-17)15(5-2)6-3/h8-12,15H,4-7,18H2,1-3H3. The van der Waals surface area contributed by atoms with Gasteiger partial charge in [-0.05, 0) is 24.8 Å². The summed E-state index contributed by atoms with van der Waals surface area (Å²) in [6, 6.07) is 9.04. The zero-order valence-corrected chi connectivity index (χ0v) is 12.8. The Kier molecular flexibility index (Phi) is 4.83. The number of hydrogen-bond acceptors (Lipinski definition) is 2. The van der Waals surface area contributed by atoms with E-state index in [2.05, 4.69) is 50.1 Å². The van der Waals surface area contributed by atoms with Crippen molar-refractivity contribution < 1.29 is 0 Å². The Morgan fingerprint density at radius 3 is 2.30 bits per heavy atom. The van der Waals surface area contributed by atoms with Crippen molar-refractivity contribution in [1.82, 2.24) is 9.78 Å². The Bertz CT molecular complexity index is 536. The molecule has 0 saturated carbocycles. The molecule has 0 aliphatic heterocycles. The second-order valence-corrected chi connectivity index (χ2v) is 5.33. The monoisotopic (exact) mass is 271 g/mol. The summed E-state index contributed by atoms with van der Waals surface area (Å²) in [5.41, 5.74) is 10.3. The maximum atomic E-state index is 6.13. The summed E-state index contributed by atoms with van der Waals surface area (Å²) in [6.45, 7) is 6.57. The molecule has 0 atom stereocenters. The van der Waals surface area contributed by atoms with Gasteiger partial charge in [0.25, 0.3) is 0 Å². The lowest BCUT2D eigenvalue weighted by Crippen LogP contribution is -2.07. The quantitative estimate of drug-likeness (QED) is 0.843. The van der Waals surface area contributed by atoms with Crippen LogP contribution < -0.4 is 5.73 Å². The first-order valence-electron chi connectivity index (χ1n) is 7.63. The normalized spacial score (nSPS) is 11.2. The maximum absolute atomic E-state index is 6.13. The summed E-state index contributed by atoms with van der Waals surface area (Å²) in [6.07, 6.45) is 6.41. The number of aromatic nitrogens is 2. The minimum absolute atomic E-state index is 0.436. The number of hydrogen-bond donors (Lipinski definition) is 1. The topological polar surface area (TPSA) is 43.8 Å². The van der Waals surface area contributed by atoms with E-state index in [-0.39, 0.29) is 0 Å². The Hall–Kier alpha value is -1.77. The zero-order chi connectivity index (χ0) is 14.5. The zero-order valence-electron chi connectivity index (χ0n) is 12.8. The van der Waals surface area contributed by atoms with Crippen LogP contribution >= 0.6 is 0 Å². The van der Waals surface area contributed by atoms with Crippen molar-refractivity contribution in [2.24, 2.45) is 0 Å². The lowest BCUT2D eigenvalue weighted by atomic mass is 10.1. The van der Waals surface area contributed by atoms with Crippen LogP contribution in [0, 0.1) is 0 Å².